The average Bonchev–Trinajstić information content (AvgIpc) is 2.18. The first-order chi connectivity index (χ1) is 6.65. The number of nitriles is 1. The molecule has 0 fully saturated rings. The van der Waals surface area contributed by atoms with Crippen LogP contribution in [-0.2, 0) is 0 Å². The summed E-state index contributed by atoms with van der Waals surface area (Å²) in [6.45, 7) is 2.15. The quantitative estimate of drug-likeness (QED) is 0.782. The summed E-state index contributed by atoms with van der Waals surface area (Å²) in [7, 11) is 0. The second-order valence-corrected chi connectivity index (χ2v) is 3.34. The van der Waals surface area contributed by atoms with Crippen LogP contribution in [0.25, 0.3) is 0 Å². The minimum absolute atomic E-state index is 0.00671. The van der Waals surface area contributed by atoms with E-state index in [0.717, 1.165) is 5.56 Å². The van der Waals surface area contributed by atoms with Gasteiger partial charge in [-0.1, -0.05) is 17.7 Å². The van der Waals surface area contributed by atoms with E-state index in [1.165, 1.54) is 6.07 Å². The molecule has 0 aliphatic rings. The zero-order chi connectivity index (χ0) is 10.6. The van der Waals surface area contributed by atoms with Crippen LogP contribution in [0.15, 0.2) is 18.2 Å². The van der Waals surface area contributed by atoms with Crippen LogP contribution in [0.1, 0.15) is 18.5 Å². The van der Waals surface area contributed by atoms with Crippen LogP contribution in [0.5, 0.6) is 0 Å². The average molecular weight is 213 g/mol. The van der Waals surface area contributed by atoms with Gasteiger partial charge in [0, 0.05) is 6.04 Å². The van der Waals surface area contributed by atoms with Crippen LogP contribution in [0.4, 0.5) is 4.39 Å². The number of halogens is 2. The highest BCUT2D eigenvalue weighted by Gasteiger charge is 2.06. The number of rotatable bonds is 3. The maximum absolute atomic E-state index is 12.8. The minimum atomic E-state index is -0.428. The van der Waals surface area contributed by atoms with E-state index in [0.29, 0.717) is 0 Å². The SMILES string of the molecule is C[C@@H](NCC#N)c1ccc(F)c(Cl)c1. The molecule has 0 aliphatic heterocycles. The van der Waals surface area contributed by atoms with Crippen LogP contribution in [0.3, 0.4) is 0 Å². The molecule has 2 nitrogen and oxygen atoms in total. The van der Waals surface area contributed by atoms with Gasteiger partial charge in [-0.3, -0.25) is 5.32 Å². The molecule has 0 saturated heterocycles. The molecule has 1 aromatic rings. The van der Waals surface area contributed by atoms with Gasteiger partial charge in [-0.15, -0.1) is 0 Å². The summed E-state index contributed by atoms with van der Waals surface area (Å²) >= 11 is 5.62. The Kier molecular flexibility index (Phi) is 3.87. The molecule has 0 spiro atoms. The van der Waals surface area contributed by atoms with Crippen LogP contribution >= 0.6 is 11.6 Å². The number of hydrogen-bond acceptors (Lipinski definition) is 2. The van der Waals surface area contributed by atoms with Crippen molar-refractivity contribution in [1.82, 2.24) is 5.32 Å². The van der Waals surface area contributed by atoms with Gasteiger partial charge in [0.05, 0.1) is 17.6 Å². The largest absolute Gasteiger partial charge is 0.298 e. The second kappa shape index (κ2) is 4.94. The van der Waals surface area contributed by atoms with Crippen molar-refractivity contribution in [2.75, 3.05) is 6.54 Å². The third-order valence-electron chi connectivity index (χ3n) is 1.93. The van der Waals surface area contributed by atoms with Gasteiger partial charge in [0.1, 0.15) is 5.82 Å². The lowest BCUT2D eigenvalue weighted by atomic mass is 10.1. The molecule has 74 valence electrons. The molecule has 0 bridgehead atoms. The third kappa shape index (κ3) is 2.69. The molecule has 0 aromatic heterocycles. The summed E-state index contributed by atoms with van der Waals surface area (Å²) in [6, 6.07) is 6.50. The fourth-order valence-corrected chi connectivity index (χ4v) is 1.29. The van der Waals surface area contributed by atoms with Crippen molar-refractivity contribution in [3.05, 3.63) is 34.6 Å². The summed E-state index contributed by atoms with van der Waals surface area (Å²) in [6.07, 6.45) is 0. The number of nitrogens with one attached hydrogen (secondary N) is 1. The van der Waals surface area contributed by atoms with Crippen LogP contribution < -0.4 is 5.32 Å². The number of nitrogens with zero attached hydrogens (tertiary/aromatic N) is 1. The highest BCUT2D eigenvalue weighted by molar-refractivity contribution is 6.30. The summed E-state index contributed by atoms with van der Waals surface area (Å²) in [4.78, 5) is 0. The molecule has 1 atom stereocenters. The standard InChI is InChI=1S/C10H10ClFN2/c1-7(14-5-4-13)8-2-3-10(12)9(11)6-8/h2-3,6-7,14H,5H2,1H3/t7-/m1/s1. The van der Waals surface area contributed by atoms with Gasteiger partial charge in [-0.25, -0.2) is 4.39 Å². The van der Waals surface area contributed by atoms with Crippen molar-refractivity contribution in [2.24, 2.45) is 0 Å². The molecule has 1 rings (SSSR count). The van der Waals surface area contributed by atoms with Crippen molar-refractivity contribution in [3.63, 3.8) is 0 Å². The monoisotopic (exact) mass is 212 g/mol. The number of hydrogen-bond donors (Lipinski definition) is 1. The van der Waals surface area contributed by atoms with Gasteiger partial charge in [0.2, 0.25) is 0 Å². The molecule has 4 heteroatoms. The maximum atomic E-state index is 12.8. The van der Waals surface area contributed by atoms with Crippen molar-refractivity contribution in [3.8, 4) is 6.07 Å². The van der Waals surface area contributed by atoms with E-state index in [2.05, 4.69) is 5.32 Å². The fourth-order valence-electron chi connectivity index (χ4n) is 1.10. The molecule has 14 heavy (non-hydrogen) atoms. The molecule has 0 amide bonds. The van der Waals surface area contributed by atoms with Crippen molar-refractivity contribution in [2.45, 2.75) is 13.0 Å². The van der Waals surface area contributed by atoms with E-state index in [1.807, 2.05) is 13.0 Å². The molecular weight excluding hydrogens is 203 g/mol. The minimum Gasteiger partial charge on any atom is -0.298 e. The first-order valence-corrected chi connectivity index (χ1v) is 4.58. The lowest BCUT2D eigenvalue weighted by Gasteiger charge is -2.11. The maximum Gasteiger partial charge on any atom is 0.141 e. The normalized spacial score (nSPS) is 12.1. The van der Waals surface area contributed by atoms with E-state index in [-0.39, 0.29) is 17.6 Å². The molecule has 0 saturated carbocycles. The van der Waals surface area contributed by atoms with Crippen molar-refractivity contribution < 1.29 is 4.39 Å². The van der Waals surface area contributed by atoms with Gasteiger partial charge in [-0.2, -0.15) is 5.26 Å². The highest BCUT2D eigenvalue weighted by Crippen LogP contribution is 2.20. The first-order valence-electron chi connectivity index (χ1n) is 4.20. The Morgan fingerprint density at radius 2 is 2.36 bits per heavy atom. The zero-order valence-corrected chi connectivity index (χ0v) is 8.48. The Bertz CT molecular complexity index is 360. The Hall–Kier alpha value is -1.11. The number of benzene rings is 1. The molecule has 1 aromatic carbocycles. The topological polar surface area (TPSA) is 35.8 Å². The summed E-state index contributed by atoms with van der Waals surface area (Å²) < 4.78 is 12.8. The Balaban J connectivity index is 2.76. The van der Waals surface area contributed by atoms with Crippen molar-refractivity contribution in [1.29, 1.82) is 5.26 Å². The van der Waals surface area contributed by atoms with E-state index in [9.17, 15) is 4.39 Å². The smallest absolute Gasteiger partial charge is 0.141 e. The predicted octanol–water partition coefficient (Wildman–Crippen LogP) is 2.65. The molecule has 0 aliphatic carbocycles. The van der Waals surface area contributed by atoms with Crippen LogP contribution in [0.2, 0.25) is 5.02 Å². The molecule has 1 N–H and O–H groups in total. The van der Waals surface area contributed by atoms with E-state index in [4.69, 9.17) is 16.9 Å². The highest BCUT2D eigenvalue weighted by atomic mass is 35.5. The van der Waals surface area contributed by atoms with Gasteiger partial charge in [0.25, 0.3) is 0 Å². The third-order valence-corrected chi connectivity index (χ3v) is 2.22. The molecule has 0 radical (unpaired) electrons. The van der Waals surface area contributed by atoms with Crippen molar-refractivity contribution >= 4 is 11.6 Å². The Morgan fingerprint density at radius 1 is 1.64 bits per heavy atom. The lowest BCUT2D eigenvalue weighted by Crippen LogP contribution is -2.18. The Labute approximate surface area is 87.3 Å². The van der Waals surface area contributed by atoms with Crippen LogP contribution in [0, 0.1) is 17.1 Å². The van der Waals surface area contributed by atoms with E-state index >= 15 is 0 Å². The molecule has 0 unspecified atom stereocenters. The van der Waals surface area contributed by atoms with Gasteiger partial charge in [-0.05, 0) is 24.6 Å². The second-order valence-electron chi connectivity index (χ2n) is 2.93. The van der Waals surface area contributed by atoms with E-state index < -0.39 is 5.82 Å². The van der Waals surface area contributed by atoms with Gasteiger partial charge >= 0.3 is 0 Å². The lowest BCUT2D eigenvalue weighted by molar-refractivity contribution is 0.608. The summed E-state index contributed by atoms with van der Waals surface area (Å²) in [5, 5.41) is 11.4. The van der Waals surface area contributed by atoms with Crippen LogP contribution in [-0.4, -0.2) is 6.54 Å². The molecule has 0 heterocycles. The Morgan fingerprint density at radius 3 is 2.93 bits per heavy atom. The summed E-state index contributed by atoms with van der Waals surface area (Å²) in [5.74, 6) is -0.428. The fraction of sp³-hybridized carbons (Fsp3) is 0.300. The van der Waals surface area contributed by atoms with Gasteiger partial charge < -0.3 is 0 Å². The van der Waals surface area contributed by atoms with Gasteiger partial charge in [0.15, 0.2) is 0 Å². The van der Waals surface area contributed by atoms with E-state index in [1.54, 1.807) is 12.1 Å². The summed E-state index contributed by atoms with van der Waals surface area (Å²) in [5.41, 5.74) is 0.867. The zero-order valence-electron chi connectivity index (χ0n) is 7.72. The predicted molar refractivity (Wildman–Crippen MR) is 53.4 cm³/mol. The first kappa shape index (κ1) is 11.0. The molecular formula is C10H10ClFN2.